The summed E-state index contributed by atoms with van der Waals surface area (Å²) in [5.74, 6) is -0.403. The first-order chi connectivity index (χ1) is 13.7. The summed E-state index contributed by atoms with van der Waals surface area (Å²) in [4.78, 5) is 17.5. The van der Waals surface area contributed by atoms with Gasteiger partial charge in [-0.15, -0.1) is 0 Å². The highest BCUT2D eigenvalue weighted by molar-refractivity contribution is 6.04. The van der Waals surface area contributed by atoms with E-state index < -0.39 is 5.97 Å². The van der Waals surface area contributed by atoms with Gasteiger partial charge >= 0.3 is 5.97 Å². The number of hydrogen-bond donors (Lipinski definition) is 0. The Balaban J connectivity index is 1.66. The summed E-state index contributed by atoms with van der Waals surface area (Å²) in [6, 6.07) is 28.1. The summed E-state index contributed by atoms with van der Waals surface area (Å²) in [5.41, 5.74) is 4.29. The molecule has 4 aromatic rings. The van der Waals surface area contributed by atoms with Crippen molar-refractivity contribution in [3.05, 3.63) is 102 Å². The van der Waals surface area contributed by atoms with Gasteiger partial charge in [0.25, 0.3) is 0 Å². The van der Waals surface area contributed by atoms with Gasteiger partial charge in [-0.1, -0.05) is 60.7 Å². The lowest BCUT2D eigenvalue weighted by molar-refractivity contribution is 0.0475. The van der Waals surface area contributed by atoms with Crippen LogP contribution >= 0.6 is 0 Å². The van der Waals surface area contributed by atoms with Gasteiger partial charge in [0, 0.05) is 10.9 Å². The van der Waals surface area contributed by atoms with Crippen molar-refractivity contribution in [1.29, 1.82) is 5.26 Å². The SMILES string of the molecule is N#Cc1ccc(COC(=O)c2cc(-c3ccccc3)nc3ccccc23)cc1. The summed E-state index contributed by atoms with van der Waals surface area (Å²) in [6.07, 6.45) is 0. The highest BCUT2D eigenvalue weighted by Gasteiger charge is 2.15. The normalized spacial score (nSPS) is 10.4. The van der Waals surface area contributed by atoms with Crippen LogP contribution in [0, 0.1) is 11.3 Å². The van der Waals surface area contributed by atoms with E-state index in [0.717, 1.165) is 27.7 Å². The van der Waals surface area contributed by atoms with E-state index in [1.807, 2.05) is 54.6 Å². The minimum atomic E-state index is -0.403. The minimum absolute atomic E-state index is 0.141. The number of fused-ring (bicyclic) bond motifs is 1. The molecule has 134 valence electrons. The largest absolute Gasteiger partial charge is 0.457 e. The Morgan fingerprint density at radius 1 is 0.929 bits per heavy atom. The fourth-order valence-corrected chi connectivity index (χ4v) is 3.00. The molecule has 0 saturated carbocycles. The molecule has 0 N–H and O–H groups in total. The number of esters is 1. The van der Waals surface area contributed by atoms with Crippen LogP contribution in [0.15, 0.2) is 84.9 Å². The molecule has 0 radical (unpaired) electrons. The molecule has 0 amide bonds. The molecule has 0 aliphatic carbocycles. The highest BCUT2D eigenvalue weighted by Crippen LogP contribution is 2.25. The Morgan fingerprint density at radius 2 is 1.64 bits per heavy atom. The molecule has 0 aliphatic rings. The van der Waals surface area contributed by atoms with Crippen molar-refractivity contribution in [2.75, 3.05) is 0 Å². The molecule has 1 aromatic heterocycles. The molecule has 28 heavy (non-hydrogen) atoms. The van der Waals surface area contributed by atoms with Crippen molar-refractivity contribution in [2.45, 2.75) is 6.61 Å². The molecular weight excluding hydrogens is 348 g/mol. The van der Waals surface area contributed by atoms with Crippen molar-refractivity contribution in [3.63, 3.8) is 0 Å². The van der Waals surface area contributed by atoms with Crippen molar-refractivity contribution >= 4 is 16.9 Å². The fraction of sp³-hybridized carbons (Fsp3) is 0.0417. The second-order valence-electron chi connectivity index (χ2n) is 6.32. The number of aromatic nitrogens is 1. The Hall–Kier alpha value is -3.97. The van der Waals surface area contributed by atoms with Gasteiger partial charge in [0.2, 0.25) is 0 Å². The number of benzene rings is 3. The maximum absolute atomic E-state index is 12.8. The maximum atomic E-state index is 12.8. The number of rotatable bonds is 4. The number of nitriles is 1. The van der Waals surface area contributed by atoms with Crippen LogP contribution in [0.5, 0.6) is 0 Å². The number of para-hydroxylation sites is 1. The van der Waals surface area contributed by atoms with Crippen molar-refractivity contribution in [3.8, 4) is 17.3 Å². The summed E-state index contributed by atoms with van der Waals surface area (Å²) in [5, 5.41) is 9.63. The Bertz CT molecular complexity index is 1180. The monoisotopic (exact) mass is 364 g/mol. The van der Waals surface area contributed by atoms with Crippen LogP contribution in [-0.2, 0) is 11.3 Å². The molecule has 0 fully saturated rings. The summed E-state index contributed by atoms with van der Waals surface area (Å²) in [7, 11) is 0. The van der Waals surface area contributed by atoms with E-state index in [1.165, 1.54) is 0 Å². The van der Waals surface area contributed by atoms with Gasteiger partial charge in [-0.05, 0) is 29.8 Å². The van der Waals surface area contributed by atoms with E-state index in [0.29, 0.717) is 11.1 Å². The fourth-order valence-electron chi connectivity index (χ4n) is 3.00. The third-order valence-electron chi connectivity index (χ3n) is 4.46. The molecule has 0 spiro atoms. The second-order valence-corrected chi connectivity index (χ2v) is 6.32. The third kappa shape index (κ3) is 3.60. The molecular formula is C24H16N2O2. The second kappa shape index (κ2) is 7.73. The first-order valence-electron chi connectivity index (χ1n) is 8.86. The number of pyridine rings is 1. The smallest absolute Gasteiger partial charge is 0.339 e. The van der Waals surface area contributed by atoms with Gasteiger partial charge < -0.3 is 4.74 Å². The first-order valence-corrected chi connectivity index (χ1v) is 8.86. The van der Waals surface area contributed by atoms with Gasteiger partial charge in [-0.2, -0.15) is 5.26 Å². The summed E-state index contributed by atoms with van der Waals surface area (Å²) in [6.45, 7) is 0.141. The quantitative estimate of drug-likeness (QED) is 0.471. The van der Waals surface area contributed by atoms with Crippen LogP contribution < -0.4 is 0 Å². The van der Waals surface area contributed by atoms with Gasteiger partial charge in [0.1, 0.15) is 6.61 Å². The molecule has 1 heterocycles. The van der Waals surface area contributed by atoms with E-state index in [-0.39, 0.29) is 6.61 Å². The highest BCUT2D eigenvalue weighted by atomic mass is 16.5. The van der Waals surface area contributed by atoms with Crippen LogP contribution in [0.2, 0.25) is 0 Å². The van der Waals surface area contributed by atoms with Crippen LogP contribution in [0.3, 0.4) is 0 Å². The Kier molecular flexibility index (Phi) is 4.81. The van der Waals surface area contributed by atoms with Crippen molar-refractivity contribution in [1.82, 2.24) is 4.98 Å². The van der Waals surface area contributed by atoms with E-state index in [1.54, 1.807) is 30.3 Å². The van der Waals surface area contributed by atoms with Crippen LogP contribution in [0.25, 0.3) is 22.2 Å². The number of carbonyl (C=O) groups is 1. The molecule has 0 bridgehead atoms. The van der Waals surface area contributed by atoms with E-state index in [9.17, 15) is 4.79 Å². The molecule has 0 aliphatic heterocycles. The predicted molar refractivity (Wildman–Crippen MR) is 107 cm³/mol. The van der Waals surface area contributed by atoms with Gasteiger partial charge in [-0.3, -0.25) is 0 Å². The van der Waals surface area contributed by atoms with E-state index in [2.05, 4.69) is 11.1 Å². The van der Waals surface area contributed by atoms with Gasteiger partial charge in [0.05, 0.1) is 28.4 Å². The number of ether oxygens (including phenoxy) is 1. The Morgan fingerprint density at radius 3 is 2.39 bits per heavy atom. The Labute approximate surface area is 162 Å². The van der Waals surface area contributed by atoms with E-state index in [4.69, 9.17) is 10.00 Å². The molecule has 4 nitrogen and oxygen atoms in total. The predicted octanol–water partition coefficient (Wildman–Crippen LogP) is 5.13. The summed E-state index contributed by atoms with van der Waals surface area (Å²) >= 11 is 0. The van der Waals surface area contributed by atoms with Crippen LogP contribution in [-0.4, -0.2) is 11.0 Å². The van der Waals surface area contributed by atoms with Gasteiger partial charge in [-0.25, -0.2) is 9.78 Å². The first kappa shape index (κ1) is 17.4. The molecule has 4 heteroatoms. The molecule has 0 unspecified atom stereocenters. The van der Waals surface area contributed by atoms with Gasteiger partial charge in [0.15, 0.2) is 0 Å². The van der Waals surface area contributed by atoms with Crippen LogP contribution in [0.1, 0.15) is 21.5 Å². The zero-order chi connectivity index (χ0) is 19.3. The lowest BCUT2D eigenvalue weighted by Gasteiger charge is -2.10. The zero-order valence-electron chi connectivity index (χ0n) is 15.0. The molecule has 3 aromatic carbocycles. The summed E-state index contributed by atoms with van der Waals surface area (Å²) < 4.78 is 5.54. The third-order valence-corrected chi connectivity index (χ3v) is 4.46. The average Bonchev–Trinajstić information content (AvgIpc) is 2.77. The average molecular weight is 364 g/mol. The zero-order valence-corrected chi connectivity index (χ0v) is 15.0. The van der Waals surface area contributed by atoms with Crippen molar-refractivity contribution < 1.29 is 9.53 Å². The van der Waals surface area contributed by atoms with Crippen molar-refractivity contribution in [2.24, 2.45) is 0 Å². The van der Waals surface area contributed by atoms with Crippen LogP contribution in [0.4, 0.5) is 0 Å². The topological polar surface area (TPSA) is 63.0 Å². The molecule has 4 rings (SSSR count). The maximum Gasteiger partial charge on any atom is 0.339 e. The molecule has 0 saturated heterocycles. The lowest BCUT2D eigenvalue weighted by Crippen LogP contribution is -2.07. The minimum Gasteiger partial charge on any atom is -0.457 e. The number of hydrogen-bond acceptors (Lipinski definition) is 4. The number of nitrogens with zero attached hydrogens (tertiary/aromatic N) is 2. The lowest BCUT2D eigenvalue weighted by atomic mass is 10.0. The standard InChI is InChI=1S/C24H16N2O2/c25-15-17-10-12-18(13-11-17)16-28-24(27)21-14-23(19-6-2-1-3-7-19)26-22-9-5-4-8-20(21)22/h1-14H,16H2. The number of carbonyl (C=O) groups excluding carboxylic acids is 1. The molecule has 0 atom stereocenters. The van der Waals surface area contributed by atoms with E-state index >= 15 is 0 Å².